The first-order valence-electron chi connectivity index (χ1n) is 7.55. The maximum Gasteiger partial charge on any atom is 0.150 e. The summed E-state index contributed by atoms with van der Waals surface area (Å²) >= 11 is 3.60. The Balaban J connectivity index is 2.12. The molecular formula is C17H24N2S2. The van der Waals surface area contributed by atoms with Crippen LogP contribution in [0.25, 0.3) is 0 Å². The Morgan fingerprint density at radius 1 is 1.24 bits per heavy atom. The summed E-state index contributed by atoms with van der Waals surface area (Å²) in [6.45, 7) is 9.67. The number of hydrogen-bond donors (Lipinski definition) is 1. The van der Waals surface area contributed by atoms with Crippen LogP contribution in [0.4, 0.5) is 0 Å². The van der Waals surface area contributed by atoms with Crippen molar-refractivity contribution in [1.82, 2.24) is 10.3 Å². The second kappa shape index (κ2) is 7.97. The average Bonchev–Trinajstić information content (AvgIpc) is 2.90. The summed E-state index contributed by atoms with van der Waals surface area (Å²) in [7, 11) is 0. The number of nitrogens with zero attached hydrogens (tertiary/aromatic N) is 1. The van der Waals surface area contributed by atoms with Gasteiger partial charge >= 0.3 is 0 Å². The summed E-state index contributed by atoms with van der Waals surface area (Å²) in [4.78, 5) is 4.57. The number of thiazole rings is 1. The van der Waals surface area contributed by atoms with Crippen molar-refractivity contribution in [3.8, 4) is 0 Å². The molecule has 0 bridgehead atoms. The van der Waals surface area contributed by atoms with Crippen molar-refractivity contribution in [2.24, 2.45) is 0 Å². The first-order chi connectivity index (χ1) is 10.1. The van der Waals surface area contributed by atoms with Gasteiger partial charge in [0.1, 0.15) is 4.34 Å². The molecule has 114 valence electrons. The van der Waals surface area contributed by atoms with E-state index in [-0.39, 0.29) is 0 Å². The molecule has 0 spiro atoms. The van der Waals surface area contributed by atoms with Crippen molar-refractivity contribution < 1.29 is 0 Å². The van der Waals surface area contributed by atoms with E-state index in [1.54, 1.807) is 11.3 Å². The van der Waals surface area contributed by atoms with Crippen LogP contribution in [0.5, 0.6) is 0 Å². The monoisotopic (exact) mass is 320 g/mol. The van der Waals surface area contributed by atoms with Gasteiger partial charge in [-0.3, -0.25) is 0 Å². The lowest BCUT2D eigenvalue weighted by Gasteiger charge is -2.24. The number of aromatic nitrogens is 1. The number of aryl methyl sites for hydroxylation is 2. The molecule has 0 amide bonds. The third kappa shape index (κ3) is 4.56. The van der Waals surface area contributed by atoms with Gasteiger partial charge in [-0.1, -0.05) is 56.8 Å². The largest absolute Gasteiger partial charge is 0.309 e. The van der Waals surface area contributed by atoms with E-state index in [4.69, 9.17) is 0 Å². The van der Waals surface area contributed by atoms with Crippen molar-refractivity contribution in [2.45, 2.75) is 49.7 Å². The van der Waals surface area contributed by atoms with Gasteiger partial charge in [0.2, 0.25) is 0 Å². The zero-order valence-corrected chi connectivity index (χ0v) is 14.9. The molecule has 0 saturated heterocycles. The highest BCUT2D eigenvalue weighted by atomic mass is 32.2. The number of rotatable bonds is 7. The van der Waals surface area contributed by atoms with Gasteiger partial charge in [0.25, 0.3) is 0 Å². The van der Waals surface area contributed by atoms with Gasteiger partial charge in [-0.15, -0.1) is 11.3 Å². The summed E-state index contributed by atoms with van der Waals surface area (Å²) in [6, 6.07) is 9.36. The van der Waals surface area contributed by atoms with Gasteiger partial charge < -0.3 is 5.32 Å². The number of nitrogens with one attached hydrogen (secondary N) is 1. The highest BCUT2D eigenvalue weighted by Crippen LogP contribution is 2.33. The van der Waals surface area contributed by atoms with Crippen LogP contribution in [-0.2, 0) is 6.42 Å². The predicted molar refractivity (Wildman–Crippen MR) is 94.4 cm³/mol. The Labute approximate surface area is 136 Å². The topological polar surface area (TPSA) is 24.9 Å². The first kappa shape index (κ1) is 16.5. The molecular weight excluding hydrogens is 296 g/mol. The second-order valence-electron chi connectivity index (χ2n) is 5.21. The molecule has 0 aliphatic carbocycles. The highest BCUT2D eigenvalue weighted by Gasteiger charge is 2.20. The van der Waals surface area contributed by atoms with E-state index in [2.05, 4.69) is 67.6 Å². The van der Waals surface area contributed by atoms with Crippen molar-refractivity contribution in [1.29, 1.82) is 0 Å². The SMILES string of the molecule is CCNC(c1ccc(CC)cc1)C(C)Sc1nc(C)cs1. The molecule has 1 heterocycles. The molecule has 1 aromatic carbocycles. The predicted octanol–water partition coefficient (Wildman–Crippen LogP) is 4.85. The molecule has 1 N–H and O–H groups in total. The molecule has 21 heavy (non-hydrogen) atoms. The normalized spacial score (nSPS) is 14.1. The van der Waals surface area contributed by atoms with Crippen LogP contribution in [0.15, 0.2) is 34.0 Å². The van der Waals surface area contributed by atoms with E-state index >= 15 is 0 Å². The van der Waals surface area contributed by atoms with Crippen LogP contribution in [0.2, 0.25) is 0 Å². The van der Waals surface area contributed by atoms with E-state index in [1.807, 2.05) is 11.8 Å². The molecule has 4 heteroatoms. The Morgan fingerprint density at radius 3 is 2.48 bits per heavy atom. The van der Waals surface area contributed by atoms with Crippen molar-refractivity contribution in [2.75, 3.05) is 6.54 Å². The van der Waals surface area contributed by atoms with Gasteiger partial charge in [-0.2, -0.15) is 0 Å². The molecule has 2 unspecified atom stereocenters. The fourth-order valence-electron chi connectivity index (χ4n) is 2.35. The Morgan fingerprint density at radius 2 is 1.95 bits per heavy atom. The molecule has 1 aromatic heterocycles. The minimum absolute atomic E-state index is 0.357. The zero-order chi connectivity index (χ0) is 15.2. The fraction of sp³-hybridized carbons (Fsp3) is 0.471. The molecule has 2 nitrogen and oxygen atoms in total. The van der Waals surface area contributed by atoms with Crippen LogP contribution < -0.4 is 5.32 Å². The lowest BCUT2D eigenvalue weighted by Crippen LogP contribution is -2.28. The third-order valence-corrected chi connectivity index (χ3v) is 5.79. The highest BCUT2D eigenvalue weighted by molar-refractivity contribution is 8.01. The van der Waals surface area contributed by atoms with Crippen LogP contribution in [-0.4, -0.2) is 16.8 Å². The van der Waals surface area contributed by atoms with Gasteiger partial charge in [-0.25, -0.2) is 4.98 Å². The quantitative estimate of drug-likeness (QED) is 0.739. The molecule has 0 fully saturated rings. The maximum absolute atomic E-state index is 4.57. The van der Waals surface area contributed by atoms with Crippen LogP contribution in [0, 0.1) is 6.92 Å². The number of hydrogen-bond acceptors (Lipinski definition) is 4. The molecule has 2 rings (SSSR count). The van der Waals surface area contributed by atoms with Crippen molar-refractivity contribution in [3.05, 3.63) is 46.5 Å². The van der Waals surface area contributed by atoms with Gasteiger partial charge in [-0.05, 0) is 31.0 Å². The number of thioether (sulfide) groups is 1. The first-order valence-corrected chi connectivity index (χ1v) is 9.31. The molecule has 0 aliphatic heterocycles. The molecule has 0 radical (unpaired) electrons. The van der Waals surface area contributed by atoms with Crippen LogP contribution in [0.1, 0.15) is 43.6 Å². The fourth-order valence-corrected chi connectivity index (χ4v) is 4.60. The summed E-state index contributed by atoms with van der Waals surface area (Å²) in [5, 5.41) is 6.18. The molecule has 0 saturated carbocycles. The summed E-state index contributed by atoms with van der Waals surface area (Å²) in [5.41, 5.74) is 3.87. The standard InChI is InChI=1S/C17H24N2S2/c1-5-14-7-9-15(10-8-14)16(18-6-2)13(4)21-17-19-12(3)11-20-17/h7-11,13,16,18H,5-6H2,1-4H3. The minimum Gasteiger partial charge on any atom is -0.309 e. The molecule has 0 aliphatic rings. The van der Waals surface area contributed by atoms with Crippen LogP contribution >= 0.6 is 23.1 Å². The van der Waals surface area contributed by atoms with E-state index in [1.165, 1.54) is 11.1 Å². The Hall–Kier alpha value is -0.840. The molecule has 2 aromatic rings. The van der Waals surface area contributed by atoms with Crippen LogP contribution in [0.3, 0.4) is 0 Å². The summed E-state index contributed by atoms with van der Waals surface area (Å²) < 4.78 is 1.16. The second-order valence-corrected chi connectivity index (χ2v) is 7.69. The van der Waals surface area contributed by atoms with Crippen molar-refractivity contribution >= 4 is 23.1 Å². The lowest BCUT2D eigenvalue weighted by atomic mass is 10.0. The smallest absolute Gasteiger partial charge is 0.150 e. The minimum atomic E-state index is 0.357. The van der Waals surface area contributed by atoms with Gasteiger partial charge in [0, 0.05) is 22.4 Å². The average molecular weight is 321 g/mol. The zero-order valence-electron chi connectivity index (χ0n) is 13.2. The number of benzene rings is 1. The Bertz CT molecular complexity index is 548. The van der Waals surface area contributed by atoms with E-state index < -0.39 is 0 Å². The maximum atomic E-state index is 4.57. The summed E-state index contributed by atoms with van der Waals surface area (Å²) in [6.07, 6.45) is 1.09. The lowest BCUT2D eigenvalue weighted by molar-refractivity contribution is 0.548. The van der Waals surface area contributed by atoms with Gasteiger partial charge in [0.05, 0.1) is 0 Å². The summed E-state index contributed by atoms with van der Waals surface area (Å²) in [5.74, 6) is 0. The molecule has 2 atom stereocenters. The van der Waals surface area contributed by atoms with E-state index in [0.717, 1.165) is 23.0 Å². The Kier molecular flexibility index (Phi) is 6.27. The third-order valence-electron chi connectivity index (χ3n) is 3.53. The van der Waals surface area contributed by atoms with Gasteiger partial charge in [0.15, 0.2) is 0 Å². The van der Waals surface area contributed by atoms with Crippen molar-refractivity contribution in [3.63, 3.8) is 0 Å². The van der Waals surface area contributed by atoms with E-state index in [9.17, 15) is 0 Å². The van der Waals surface area contributed by atoms with E-state index in [0.29, 0.717) is 11.3 Å².